The molecule has 7 heteroatoms. The minimum absolute atomic E-state index is 0.195. The van der Waals surface area contributed by atoms with Crippen LogP contribution in [0.4, 0.5) is 5.69 Å². The van der Waals surface area contributed by atoms with Gasteiger partial charge in [0, 0.05) is 18.1 Å². The molecule has 0 radical (unpaired) electrons. The number of anilines is 1. The van der Waals surface area contributed by atoms with E-state index in [1.54, 1.807) is 40.6 Å². The van der Waals surface area contributed by atoms with E-state index in [9.17, 15) is 4.79 Å². The van der Waals surface area contributed by atoms with E-state index < -0.39 is 0 Å². The molecule has 0 saturated heterocycles. The zero-order valence-electron chi connectivity index (χ0n) is 16.1. The first kappa shape index (κ1) is 18.0. The third-order valence-corrected chi connectivity index (χ3v) is 5.04. The number of ether oxygens (including phenoxy) is 5. The van der Waals surface area contributed by atoms with Gasteiger partial charge in [-0.2, -0.15) is 0 Å². The lowest BCUT2D eigenvalue weighted by Crippen LogP contribution is -2.20. The summed E-state index contributed by atoms with van der Waals surface area (Å²) in [6.45, 7) is 0.195. The Kier molecular flexibility index (Phi) is 4.50. The van der Waals surface area contributed by atoms with E-state index in [1.165, 1.54) is 0 Å². The molecule has 4 rings (SSSR count). The Morgan fingerprint density at radius 3 is 2.14 bits per heavy atom. The maximum Gasteiger partial charge on any atom is 0.337 e. The molecule has 0 bridgehead atoms. The van der Waals surface area contributed by atoms with Crippen LogP contribution in [0.2, 0.25) is 0 Å². The van der Waals surface area contributed by atoms with Gasteiger partial charge in [-0.05, 0) is 29.3 Å². The minimum atomic E-state index is -0.380. The molecule has 2 heterocycles. The van der Waals surface area contributed by atoms with E-state index in [2.05, 4.69) is 5.32 Å². The monoisotopic (exact) mass is 383 g/mol. The summed E-state index contributed by atoms with van der Waals surface area (Å²) < 4.78 is 27.2. The summed E-state index contributed by atoms with van der Waals surface area (Å²) in [7, 11) is 6.38. The van der Waals surface area contributed by atoms with Crippen molar-refractivity contribution in [3.63, 3.8) is 0 Å². The van der Waals surface area contributed by atoms with Crippen molar-refractivity contribution in [3.8, 4) is 23.0 Å². The molecular weight excluding hydrogens is 362 g/mol. The Hall–Kier alpha value is -3.35. The third-order valence-electron chi connectivity index (χ3n) is 5.04. The van der Waals surface area contributed by atoms with Crippen molar-refractivity contribution < 1.29 is 28.5 Å². The predicted octanol–water partition coefficient (Wildman–Crippen LogP) is 3.09. The molecule has 1 atom stereocenters. The molecule has 2 aliphatic heterocycles. The van der Waals surface area contributed by atoms with E-state index in [0.717, 1.165) is 22.5 Å². The Labute approximate surface area is 162 Å². The van der Waals surface area contributed by atoms with Crippen molar-refractivity contribution in [1.82, 2.24) is 0 Å². The van der Waals surface area contributed by atoms with Crippen LogP contribution in [-0.2, 0) is 9.53 Å². The molecule has 0 saturated carbocycles. The van der Waals surface area contributed by atoms with Crippen LogP contribution in [0.25, 0.3) is 0 Å². The smallest absolute Gasteiger partial charge is 0.337 e. The van der Waals surface area contributed by atoms with Gasteiger partial charge in [-0.3, -0.25) is 0 Å². The van der Waals surface area contributed by atoms with E-state index in [4.69, 9.17) is 23.7 Å². The Morgan fingerprint density at radius 2 is 1.54 bits per heavy atom. The van der Waals surface area contributed by atoms with Crippen molar-refractivity contribution in [3.05, 3.63) is 52.7 Å². The fourth-order valence-electron chi connectivity index (χ4n) is 3.71. The number of hydrogen-bond acceptors (Lipinski definition) is 7. The number of esters is 1. The second-order valence-corrected chi connectivity index (χ2v) is 6.47. The van der Waals surface area contributed by atoms with Gasteiger partial charge in [0.15, 0.2) is 0 Å². The molecule has 2 aromatic carbocycles. The summed E-state index contributed by atoms with van der Waals surface area (Å²) in [6.07, 6.45) is 0. The number of benzene rings is 2. The lowest BCUT2D eigenvalue weighted by molar-refractivity contribution is -0.136. The average molecular weight is 383 g/mol. The summed E-state index contributed by atoms with van der Waals surface area (Å²) >= 11 is 0. The fourth-order valence-corrected chi connectivity index (χ4v) is 3.71. The number of cyclic esters (lactones) is 1. The van der Waals surface area contributed by atoms with Gasteiger partial charge in [0.05, 0.1) is 45.4 Å². The standard InChI is InChI=1S/C21H21NO6/c1-24-12-5-11(6-13(7-12)25-2)18-15-8-14(26-3)9-17(27-4)20(15)22-16-10-28-21(23)19(16)18/h5-9,18,22H,10H2,1-4H3. The van der Waals surface area contributed by atoms with Crippen LogP contribution in [0.3, 0.4) is 0 Å². The quantitative estimate of drug-likeness (QED) is 0.795. The highest BCUT2D eigenvalue weighted by Crippen LogP contribution is 2.50. The summed E-state index contributed by atoms with van der Waals surface area (Å²) in [5.41, 5.74) is 3.78. The zero-order chi connectivity index (χ0) is 19.8. The van der Waals surface area contributed by atoms with Crippen LogP contribution >= 0.6 is 0 Å². The van der Waals surface area contributed by atoms with E-state index >= 15 is 0 Å². The van der Waals surface area contributed by atoms with Gasteiger partial charge < -0.3 is 29.0 Å². The highest BCUT2D eigenvalue weighted by atomic mass is 16.5. The van der Waals surface area contributed by atoms with Crippen molar-refractivity contribution in [1.29, 1.82) is 0 Å². The molecule has 146 valence electrons. The van der Waals surface area contributed by atoms with Crippen LogP contribution in [-0.4, -0.2) is 41.0 Å². The van der Waals surface area contributed by atoms with Gasteiger partial charge in [-0.15, -0.1) is 0 Å². The van der Waals surface area contributed by atoms with E-state index in [1.807, 2.05) is 18.2 Å². The van der Waals surface area contributed by atoms with Crippen molar-refractivity contribution in [2.75, 3.05) is 40.4 Å². The second-order valence-electron chi connectivity index (χ2n) is 6.47. The summed E-state index contributed by atoms with van der Waals surface area (Å²) in [5, 5.41) is 3.31. The lowest BCUT2D eigenvalue weighted by Gasteiger charge is -2.29. The van der Waals surface area contributed by atoms with Gasteiger partial charge in [-0.1, -0.05) is 0 Å². The van der Waals surface area contributed by atoms with E-state index in [0.29, 0.717) is 28.6 Å². The first-order valence-corrected chi connectivity index (χ1v) is 8.75. The highest BCUT2D eigenvalue weighted by Gasteiger charge is 2.40. The van der Waals surface area contributed by atoms with Crippen LogP contribution in [0.5, 0.6) is 23.0 Å². The Morgan fingerprint density at radius 1 is 0.893 bits per heavy atom. The van der Waals surface area contributed by atoms with Crippen LogP contribution in [0.15, 0.2) is 41.6 Å². The van der Waals surface area contributed by atoms with Crippen molar-refractivity contribution in [2.24, 2.45) is 0 Å². The van der Waals surface area contributed by atoms with Gasteiger partial charge in [0.2, 0.25) is 0 Å². The molecule has 7 nitrogen and oxygen atoms in total. The van der Waals surface area contributed by atoms with E-state index in [-0.39, 0.29) is 18.5 Å². The SMILES string of the molecule is COc1cc(OC)cc(C2C3=C(COC3=O)Nc3c(OC)cc(OC)cc32)c1. The molecule has 2 aliphatic rings. The number of fused-ring (bicyclic) bond motifs is 1. The number of nitrogens with one attached hydrogen (secondary N) is 1. The highest BCUT2D eigenvalue weighted by molar-refractivity contribution is 5.98. The third kappa shape index (κ3) is 2.79. The molecule has 0 aliphatic carbocycles. The number of carbonyl (C=O) groups excluding carboxylic acids is 1. The first-order chi connectivity index (χ1) is 13.6. The molecule has 1 N–H and O–H groups in total. The summed E-state index contributed by atoms with van der Waals surface area (Å²) in [4.78, 5) is 12.6. The first-order valence-electron chi connectivity index (χ1n) is 8.75. The minimum Gasteiger partial charge on any atom is -0.497 e. The second kappa shape index (κ2) is 6.99. The maximum atomic E-state index is 12.6. The lowest BCUT2D eigenvalue weighted by atomic mass is 9.80. The molecule has 1 unspecified atom stereocenters. The molecular formula is C21H21NO6. The Bertz CT molecular complexity index is 959. The number of carbonyl (C=O) groups is 1. The van der Waals surface area contributed by atoms with Gasteiger partial charge >= 0.3 is 5.97 Å². The largest absolute Gasteiger partial charge is 0.497 e. The summed E-state index contributed by atoms with van der Waals surface area (Å²) in [5.74, 6) is 1.80. The number of hydrogen-bond donors (Lipinski definition) is 1. The van der Waals surface area contributed by atoms with Crippen LogP contribution in [0.1, 0.15) is 17.0 Å². The summed E-state index contributed by atoms with van der Waals surface area (Å²) in [6, 6.07) is 9.28. The van der Waals surface area contributed by atoms with Crippen molar-refractivity contribution >= 4 is 11.7 Å². The van der Waals surface area contributed by atoms with Gasteiger partial charge in [-0.25, -0.2) is 4.79 Å². The zero-order valence-corrected chi connectivity index (χ0v) is 16.1. The molecule has 0 fully saturated rings. The average Bonchev–Trinajstić information content (AvgIpc) is 3.11. The number of methoxy groups -OCH3 is 4. The van der Waals surface area contributed by atoms with Crippen molar-refractivity contribution in [2.45, 2.75) is 5.92 Å². The predicted molar refractivity (Wildman–Crippen MR) is 103 cm³/mol. The normalized spacial score (nSPS) is 17.3. The Balaban J connectivity index is 1.98. The molecule has 0 amide bonds. The molecule has 2 aromatic rings. The number of rotatable bonds is 5. The van der Waals surface area contributed by atoms with Gasteiger partial charge in [0.1, 0.15) is 29.6 Å². The molecule has 0 spiro atoms. The van der Waals surface area contributed by atoms with Crippen LogP contribution in [0, 0.1) is 0 Å². The molecule has 0 aromatic heterocycles. The molecule has 28 heavy (non-hydrogen) atoms. The van der Waals surface area contributed by atoms with Crippen LogP contribution < -0.4 is 24.3 Å². The topological polar surface area (TPSA) is 75.3 Å². The maximum absolute atomic E-state index is 12.6. The fraction of sp³-hybridized carbons (Fsp3) is 0.286. The van der Waals surface area contributed by atoms with Gasteiger partial charge in [0.25, 0.3) is 0 Å².